The standard InChI is InChI=1S/C15H16FNO/c1-17-9-11(7-10-3-2-4-15(10)18)13-6-5-12(16)8-14(13)17/h5-6,8-10H,2-4,7H2,1H3. The molecule has 1 saturated carbocycles. The second-order valence-corrected chi connectivity index (χ2v) is 5.19. The number of hydrogen-bond donors (Lipinski definition) is 0. The highest BCUT2D eigenvalue weighted by Gasteiger charge is 2.25. The number of halogens is 1. The Kier molecular flexibility index (Phi) is 2.69. The van der Waals surface area contributed by atoms with E-state index in [9.17, 15) is 9.18 Å². The van der Waals surface area contributed by atoms with Crippen molar-refractivity contribution in [1.29, 1.82) is 0 Å². The van der Waals surface area contributed by atoms with Gasteiger partial charge in [0.05, 0.1) is 5.52 Å². The molecule has 1 atom stereocenters. The van der Waals surface area contributed by atoms with Crippen molar-refractivity contribution >= 4 is 16.7 Å². The molecule has 0 spiro atoms. The van der Waals surface area contributed by atoms with Gasteiger partial charge in [-0.1, -0.05) is 0 Å². The molecule has 3 rings (SSSR count). The number of benzene rings is 1. The SMILES string of the molecule is Cn1cc(CC2CCCC2=O)c2ccc(F)cc21. The van der Waals surface area contributed by atoms with Gasteiger partial charge in [-0.05, 0) is 43.0 Å². The molecule has 0 amide bonds. The van der Waals surface area contributed by atoms with Gasteiger partial charge in [-0.25, -0.2) is 4.39 Å². The van der Waals surface area contributed by atoms with Crippen LogP contribution in [-0.2, 0) is 18.3 Å². The number of fused-ring (bicyclic) bond motifs is 1. The van der Waals surface area contributed by atoms with Crippen molar-refractivity contribution in [3.8, 4) is 0 Å². The van der Waals surface area contributed by atoms with Gasteiger partial charge in [-0.2, -0.15) is 0 Å². The Morgan fingerprint density at radius 1 is 1.44 bits per heavy atom. The maximum absolute atomic E-state index is 13.2. The van der Waals surface area contributed by atoms with Crippen LogP contribution in [-0.4, -0.2) is 10.4 Å². The van der Waals surface area contributed by atoms with Crippen LogP contribution >= 0.6 is 0 Å². The first-order chi connectivity index (χ1) is 8.65. The highest BCUT2D eigenvalue weighted by atomic mass is 19.1. The van der Waals surface area contributed by atoms with Crippen LogP contribution in [0.2, 0.25) is 0 Å². The zero-order valence-corrected chi connectivity index (χ0v) is 10.4. The van der Waals surface area contributed by atoms with Crippen LogP contribution in [0.15, 0.2) is 24.4 Å². The predicted molar refractivity (Wildman–Crippen MR) is 68.9 cm³/mol. The minimum absolute atomic E-state index is 0.167. The second kappa shape index (κ2) is 4.23. The fraction of sp³-hybridized carbons (Fsp3) is 0.400. The van der Waals surface area contributed by atoms with Gasteiger partial charge in [0.2, 0.25) is 0 Å². The van der Waals surface area contributed by atoms with Crippen LogP contribution in [0.3, 0.4) is 0 Å². The van der Waals surface area contributed by atoms with Crippen LogP contribution in [0, 0.1) is 11.7 Å². The number of nitrogens with zero attached hydrogens (tertiary/aromatic N) is 1. The predicted octanol–water partition coefficient (Wildman–Crippen LogP) is 3.23. The van der Waals surface area contributed by atoms with E-state index in [1.807, 2.05) is 23.9 Å². The lowest BCUT2D eigenvalue weighted by Gasteiger charge is -2.06. The van der Waals surface area contributed by atoms with Gasteiger partial charge in [-0.3, -0.25) is 4.79 Å². The fourth-order valence-corrected chi connectivity index (χ4v) is 2.97. The zero-order valence-electron chi connectivity index (χ0n) is 10.4. The van der Waals surface area contributed by atoms with Gasteiger partial charge in [-0.15, -0.1) is 0 Å². The Bertz CT molecular complexity index is 614. The first kappa shape index (κ1) is 11.5. The number of rotatable bonds is 2. The molecule has 94 valence electrons. The average molecular weight is 245 g/mol. The Hall–Kier alpha value is -1.64. The van der Waals surface area contributed by atoms with E-state index in [1.165, 1.54) is 6.07 Å². The van der Waals surface area contributed by atoms with Crippen molar-refractivity contribution in [2.24, 2.45) is 13.0 Å². The largest absolute Gasteiger partial charge is 0.350 e. The van der Waals surface area contributed by atoms with E-state index < -0.39 is 0 Å². The van der Waals surface area contributed by atoms with Gasteiger partial charge in [0, 0.05) is 31.0 Å². The third kappa shape index (κ3) is 1.84. The summed E-state index contributed by atoms with van der Waals surface area (Å²) in [4.78, 5) is 11.7. The monoisotopic (exact) mass is 245 g/mol. The van der Waals surface area contributed by atoms with Gasteiger partial charge < -0.3 is 4.57 Å². The molecule has 2 nitrogen and oxygen atoms in total. The van der Waals surface area contributed by atoms with Crippen molar-refractivity contribution in [3.05, 3.63) is 35.8 Å². The summed E-state index contributed by atoms with van der Waals surface area (Å²) in [5, 5.41) is 1.07. The minimum atomic E-state index is -0.216. The number of Topliss-reactive ketones (excluding diaryl/α,β-unsaturated/α-hetero) is 1. The molecule has 1 aromatic heterocycles. The Balaban J connectivity index is 1.99. The van der Waals surface area contributed by atoms with Crippen LogP contribution < -0.4 is 0 Å². The average Bonchev–Trinajstić information content (AvgIpc) is 2.86. The quantitative estimate of drug-likeness (QED) is 0.796. The topological polar surface area (TPSA) is 22.0 Å². The van der Waals surface area contributed by atoms with Gasteiger partial charge >= 0.3 is 0 Å². The van der Waals surface area contributed by atoms with Crippen molar-refractivity contribution < 1.29 is 9.18 Å². The van der Waals surface area contributed by atoms with E-state index in [0.717, 1.165) is 42.1 Å². The van der Waals surface area contributed by atoms with Crippen LogP contribution in [0.4, 0.5) is 4.39 Å². The summed E-state index contributed by atoms with van der Waals surface area (Å²) in [5.41, 5.74) is 2.06. The molecule has 3 heteroatoms. The first-order valence-corrected chi connectivity index (χ1v) is 6.41. The molecule has 2 aromatic rings. The second-order valence-electron chi connectivity index (χ2n) is 5.19. The molecule has 1 heterocycles. The van der Waals surface area contributed by atoms with E-state index >= 15 is 0 Å². The normalized spacial score (nSPS) is 19.9. The summed E-state index contributed by atoms with van der Waals surface area (Å²) in [5.74, 6) is 0.335. The molecule has 1 aliphatic rings. The number of carbonyl (C=O) groups excluding carboxylic acids is 1. The number of aryl methyl sites for hydroxylation is 1. The summed E-state index contributed by atoms with van der Waals surface area (Å²) < 4.78 is 15.2. The van der Waals surface area contributed by atoms with E-state index in [-0.39, 0.29) is 11.7 Å². The van der Waals surface area contributed by atoms with Crippen molar-refractivity contribution in [2.75, 3.05) is 0 Å². The van der Waals surface area contributed by atoms with Crippen molar-refractivity contribution in [3.63, 3.8) is 0 Å². The molecule has 1 aliphatic carbocycles. The van der Waals surface area contributed by atoms with Crippen molar-refractivity contribution in [1.82, 2.24) is 4.57 Å². The van der Waals surface area contributed by atoms with Gasteiger partial charge in [0.1, 0.15) is 11.6 Å². The molecule has 0 saturated heterocycles. The molecule has 0 N–H and O–H groups in total. The summed E-state index contributed by atoms with van der Waals surface area (Å²) in [6.07, 6.45) is 5.56. The van der Waals surface area contributed by atoms with Crippen LogP contribution in [0.5, 0.6) is 0 Å². The van der Waals surface area contributed by atoms with Gasteiger partial charge in [0.25, 0.3) is 0 Å². The fourth-order valence-electron chi connectivity index (χ4n) is 2.97. The highest BCUT2D eigenvalue weighted by molar-refractivity contribution is 5.86. The smallest absolute Gasteiger partial charge is 0.136 e. The molecular formula is C15H16FNO. The summed E-state index contributed by atoms with van der Waals surface area (Å²) >= 11 is 0. The van der Waals surface area contributed by atoms with Crippen molar-refractivity contribution in [2.45, 2.75) is 25.7 Å². The molecule has 0 radical (unpaired) electrons. The lowest BCUT2D eigenvalue weighted by molar-refractivity contribution is -0.120. The minimum Gasteiger partial charge on any atom is -0.350 e. The summed E-state index contributed by atoms with van der Waals surface area (Å²) in [6, 6.07) is 4.86. The molecule has 1 fully saturated rings. The van der Waals surface area contributed by atoms with E-state index in [2.05, 4.69) is 0 Å². The molecule has 0 bridgehead atoms. The maximum atomic E-state index is 13.2. The van der Waals surface area contributed by atoms with Gasteiger partial charge in [0.15, 0.2) is 0 Å². The maximum Gasteiger partial charge on any atom is 0.136 e. The zero-order chi connectivity index (χ0) is 12.7. The number of aromatic nitrogens is 1. The first-order valence-electron chi connectivity index (χ1n) is 6.41. The molecule has 1 unspecified atom stereocenters. The molecule has 1 aromatic carbocycles. The van der Waals surface area contributed by atoms with E-state index in [4.69, 9.17) is 0 Å². The van der Waals surface area contributed by atoms with E-state index in [1.54, 1.807) is 6.07 Å². The summed E-state index contributed by atoms with van der Waals surface area (Å²) in [6.45, 7) is 0. The number of hydrogen-bond acceptors (Lipinski definition) is 1. The Labute approximate surface area is 105 Å². The molecule has 0 aliphatic heterocycles. The third-order valence-electron chi connectivity index (χ3n) is 3.93. The third-order valence-corrected chi connectivity index (χ3v) is 3.93. The Morgan fingerprint density at radius 2 is 2.28 bits per heavy atom. The lowest BCUT2D eigenvalue weighted by atomic mass is 9.97. The molecular weight excluding hydrogens is 229 g/mol. The van der Waals surface area contributed by atoms with Crippen LogP contribution in [0.25, 0.3) is 10.9 Å². The van der Waals surface area contributed by atoms with E-state index in [0.29, 0.717) is 5.78 Å². The Morgan fingerprint density at radius 3 is 3.00 bits per heavy atom. The van der Waals surface area contributed by atoms with Crippen LogP contribution in [0.1, 0.15) is 24.8 Å². The highest BCUT2D eigenvalue weighted by Crippen LogP contribution is 2.29. The number of carbonyl (C=O) groups is 1. The molecule has 18 heavy (non-hydrogen) atoms. The lowest BCUT2D eigenvalue weighted by Crippen LogP contribution is -2.09. The number of ketones is 1. The summed E-state index contributed by atoms with van der Waals surface area (Å²) in [7, 11) is 1.92.